The number of esters is 1. The van der Waals surface area contributed by atoms with Crippen molar-refractivity contribution in [3.63, 3.8) is 0 Å². The van der Waals surface area contributed by atoms with Crippen molar-refractivity contribution in [2.75, 3.05) is 0 Å². The monoisotopic (exact) mass is 361 g/mol. The average Bonchev–Trinajstić information content (AvgIpc) is 2.61. The van der Waals surface area contributed by atoms with Crippen LogP contribution in [0, 0.1) is 5.21 Å². The maximum atomic E-state index is 11.4. The van der Waals surface area contributed by atoms with Crippen LogP contribution in [0.25, 0.3) is 0 Å². The number of quaternary nitrogens is 1. The average molecular weight is 362 g/mol. The third-order valence-corrected chi connectivity index (χ3v) is 4.65. The number of benzene rings is 1. The second-order valence-corrected chi connectivity index (χ2v) is 6.48. The molecule has 2 unspecified atom stereocenters. The molecule has 2 atom stereocenters. The Hall–Kier alpha value is -0.930. The lowest BCUT2D eigenvalue weighted by atomic mass is 10.1. The number of halogens is 1. The molecule has 1 fully saturated rings. The van der Waals surface area contributed by atoms with Crippen LogP contribution in [-0.2, 0) is 20.9 Å². The summed E-state index contributed by atoms with van der Waals surface area (Å²) < 4.78 is 3.69. The summed E-state index contributed by atoms with van der Waals surface area (Å²) in [5, 5.41) is 20.3. The quantitative estimate of drug-likeness (QED) is 0.293. The molecule has 20 heavy (non-hydrogen) atoms. The highest BCUT2D eigenvalue weighted by Gasteiger charge is 2.44. The van der Waals surface area contributed by atoms with Gasteiger partial charge in [0.2, 0.25) is 0 Å². The lowest BCUT2D eigenvalue weighted by Crippen LogP contribution is -2.31. The van der Waals surface area contributed by atoms with E-state index < -0.39 is 15.4 Å². The van der Waals surface area contributed by atoms with Gasteiger partial charge >= 0.3 is 11.9 Å². The molecule has 0 aliphatic carbocycles. The molecule has 1 N–H and O–H groups in total. The molecule has 1 aliphatic rings. The third-order valence-electron chi connectivity index (χ3n) is 2.80. The number of ether oxygens (including phenoxy) is 1. The molecule has 1 aromatic rings. The number of hydrogen-bond donors (Lipinski definition) is 1. The zero-order valence-electron chi connectivity index (χ0n) is 10.5. The van der Waals surface area contributed by atoms with Gasteiger partial charge in [-0.05, 0) is 17.2 Å². The van der Waals surface area contributed by atoms with Crippen molar-refractivity contribution in [3.05, 3.63) is 39.0 Å². The van der Waals surface area contributed by atoms with Crippen molar-refractivity contribution in [2.45, 2.75) is 25.2 Å². The Morgan fingerprint density at radius 1 is 1.65 bits per heavy atom. The van der Waals surface area contributed by atoms with E-state index in [1.54, 1.807) is 18.2 Å². The Kier molecular flexibility index (Phi) is 4.50. The summed E-state index contributed by atoms with van der Waals surface area (Å²) in [6.07, 6.45) is -0.0213. The Labute approximate surface area is 128 Å². The van der Waals surface area contributed by atoms with Crippen LogP contribution >= 0.6 is 27.9 Å². The van der Waals surface area contributed by atoms with Crippen molar-refractivity contribution < 1.29 is 23.7 Å². The van der Waals surface area contributed by atoms with Crippen LogP contribution in [0.2, 0.25) is 0 Å². The van der Waals surface area contributed by atoms with E-state index in [0.717, 1.165) is 11.1 Å². The predicted octanol–water partition coefficient (Wildman–Crippen LogP) is 2.84. The van der Waals surface area contributed by atoms with Gasteiger partial charge in [0, 0.05) is 11.4 Å². The smallest absolute Gasteiger partial charge is 0.359 e. The third kappa shape index (κ3) is 3.39. The zero-order chi connectivity index (χ0) is 14.9. The first-order chi connectivity index (χ1) is 9.29. The molecule has 0 saturated carbocycles. The van der Waals surface area contributed by atoms with Crippen LogP contribution in [0.3, 0.4) is 0 Å². The zero-order valence-corrected chi connectivity index (χ0v) is 12.9. The van der Waals surface area contributed by atoms with Crippen molar-refractivity contribution in [1.29, 1.82) is 0 Å². The Balaban J connectivity index is 2.15. The number of hydrogen-bond acceptors (Lipinski definition) is 6. The van der Waals surface area contributed by atoms with Crippen molar-refractivity contribution in [3.8, 4) is 0 Å². The second-order valence-electron chi connectivity index (χ2n) is 4.35. The Morgan fingerprint density at radius 3 is 2.85 bits per heavy atom. The van der Waals surface area contributed by atoms with Gasteiger partial charge in [-0.3, -0.25) is 4.79 Å². The van der Waals surface area contributed by atoms with Gasteiger partial charge in [-0.15, -0.1) is 0 Å². The molecule has 108 valence electrons. The summed E-state index contributed by atoms with van der Waals surface area (Å²) in [5.41, 5.74) is 1.54. The molecule has 1 aliphatic heterocycles. The number of amides is 1. The van der Waals surface area contributed by atoms with E-state index >= 15 is 0 Å². The van der Waals surface area contributed by atoms with Gasteiger partial charge < -0.3 is 9.94 Å². The summed E-state index contributed by atoms with van der Waals surface area (Å²) in [5.74, 6) is -1.13. The summed E-state index contributed by atoms with van der Waals surface area (Å²) in [4.78, 5) is 22.1. The molecular formula is C12H12BrNO5S. The lowest BCUT2D eigenvalue weighted by Gasteiger charge is -2.22. The molecule has 0 bridgehead atoms. The Morgan fingerprint density at radius 2 is 2.35 bits per heavy atom. The maximum absolute atomic E-state index is 11.4. The minimum atomic E-state index is -1.90. The van der Waals surface area contributed by atoms with Crippen LogP contribution in [0.15, 0.2) is 22.7 Å². The van der Waals surface area contributed by atoms with Crippen LogP contribution < -0.4 is 0 Å². The molecule has 6 nitrogen and oxygen atoms in total. The number of rotatable bonds is 3. The van der Waals surface area contributed by atoms with Gasteiger partial charge in [0.15, 0.2) is 0 Å². The highest BCUT2D eigenvalue weighted by atomic mass is 79.9. The largest absolute Gasteiger partial charge is 0.579 e. The SMILES string of the molecule is CC(=O)OCc1ccc(C2CC(=O)[N+]([O-])(O)S2)c(Br)c1. The van der Waals surface area contributed by atoms with Crippen LogP contribution in [0.4, 0.5) is 0 Å². The number of hydroxylamine groups is 2. The first kappa shape index (κ1) is 15.5. The molecule has 2 rings (SSSR count). The molecule has 1 amide bonds. The first-order valence-electron chi connectivity index (χ1n) is 5.76. The number of carbonyl (C=O) groups excluding carboxylic acids is 2. The lowest BCUT2D eigenvalue weighted by molar-refractivity contribution is -0.880. The molecule has 0 spiro atoms. The van der Waals surface area contributed by atoms with Gasteiger partial charge in [-0.2, -0.15) is 5.21 Å². The first-order valence-corrected chi connectivity index (χ1v) is 7.39. The molecule has 0 radical (unpaired) electrons. The van der Waals surface area contributed by atoms with Crippen molar-refractivity contribution in [2.24, 2.45) is 0 Å². The highest BCUT2D eigenvalue weighted by molar-refractivity contribution is 9.10. The topological polar surface area (TPSA) is 86.7 Å². The van der Waals surface area contributed by atoms with Gasteiger partial charge in [0.25, 0.3) is 0 Å². The van der Waals surface area contributed by atoms with E-state index in [2.05, 4.69) is 15.9 Å². The number of nitrogens with zero attached hydrogens (tertiary/aromatic N) is 1. The van der Waals surface area contributed by atoms with Crippen molar-refractivity contribution in [1.82, 2.24) is 0 Å². The second kappa shape index (κ2) is 5.82. The summed E-state index contributed by atoms with van der Waals surface area (Å²) >= 11 is 4.01. The molecule has 0 aromatic heterocycles. The minimum absolute atomic E-state index is 0.0213. The molecular weight excluding hydrogens is 350 g/mol. The van der Waals surface area contributed by atoms with E-state index in [1.807, 2.05) is 0 Å². The van der Waals surface area contributed by atoms with Gasteiger partial charge in [0.1, 0.15) is 23.8 Å². The standard InChI is InChI=1S/C12H12BrNO5S/c1-7(15)19-6-8-2-3-9(10(13)4-8)11-5-12(16)14(17,18)20-11/h2-4,11,17H,5-6H2,1H3. The fraction of sp³-hybridized carbons (Fsp3) is 0.333. The molecule has 8 heteroatoms. The van der Waals surface area contributed by atoms with Crippen LogP contribution in [0.1, 0.15) is 29.7 Å². The minimum Gasteiger partial charge on any atom is -0.579 e. The van der Waals surface area contributed by atoms with E-state index in [9.17, 15) is 20.0 Å². The van der Waals surface area contributed by atoms with Gasteiger partial charge in [-0.1, -0.05) is 32.3 Å². The normalized spacial score (nSPS) is 25.8. The van der Waals surface area contributed by atoms with E-state index in [1.165, 1.54) is 6.92 Å². The Bertz CT molecular complexity index is 563. The van der Waals surface area contributed by atoms with E-state index in [4.69, 9.17) is 4.74 Å². The van der Waals surface area contributed by atoms with E-state index in [-0.39, 0.29) is 19.0 Å². The van der Waals surface area contributed by atoms with Gasteiger partial charge in [-0.25, -0.2) is 4.79 Å². The molecule has 1 saturated heterocycles. The van der Waals surface area contributed by atoms with Gasteiger partial charge in [0.05, 0.1) is 6.42 Å². The summed E-state index contributed by atoms with van der Waals surface area (Å²) in [6, 6.07) is 5.26. The van der Waals surface area contributed by atoms with Crippen molar-refractivity contribution >= 4 is 39.8 Å². The molecule has 1 aromatic carbocycles. The fourth-order valence-electron chi connectivity index (χ4n) is 1.82. The highest BCUT2D eigenvalue weighted by Crippen LogP contribution is 2.47. The summed E-state index contributed by atoms with van der Waals surface area (Å²) in [7, 11) is 0. The number of carbonyl (C=O) groups is 2. The summed E-state index contributed by atoms with van der Waals surface area (Å²) in [6.45, 7) is 1.49. The molecule has 1 heterocycles. The predicted molar refractivity (Wildman–Crippen MR) is 75.0 cm³/mol. The maximum Gasteiger partial charge on any atom is 0.359 e. The van der Waals surface area contributed by atoms with E-state index in [0.29, 0.717) is 16.4 Å². The van der Waals surface area contributed by atoms with Crippen LogP contribution in [0.5, 0.6) is 0 Å². The van der Waals surface area contributed by atoms with Crippen LogP contribution in [-0.4, -0.2) is 21.3 Å². The fourth-order valence-corrected chi connectivity index (χ4v) is 3.74.